The quantitative estimate of drug-likeness (QED) is 0.705. The van der Waals surface area contributed by atoms with Crippen LogP contribution in [0.1, 0.15) is 20.3 Å². The van der Waals surface area contributed by atoms with Crippen molar-refractivity contribution in [2.24, 2.45) is 5.41 Å². The summed E-state index contributed by atoms with van der Waals surface area (Å²) in [5, 5.41) is 0. The Morgan fingerprint density at radius 3 is 2.08 bits per heavy atom. The van der Waals surface area contributed by atoms with Crippen LogP contribution in [0.25, 0.3) is 0 Å². The molecule has 0 aromatic rings. The Labute approximate surface area is 82.1 Å². The van der Waals surface area contributed by atoms with Gasteiger partial charge in [0.15, 0.2) is 0 Å². The number of rotatable bonds is 1. The number of alkyl halides is 3. The monoisotopic (exact) mass is 256 g/mol. The molecule has 0 N–H and O–H groups in total. The van der Waals surface area contributed by atoms with Gasteiger partial charge in [-0.15, -0.1) is 0 Å². The first kappa shape index (κ1) is 10.8. The molecule has 0 heterocycles. The van der Waals surface area contributed by atoms with E-state index in [4.69, 9.17) is 0 Å². The minimum Gasteiger partial charge on any atom is -0.284 e. The van der Waals surface area contributed by atoms with Crippen molar-refractivity contribution in [3.63, 3.8) is 0 Å². The molecular weight excluding hydrogens is 249 g/mol. The maximum atomic E-state index is 12.0. The number of ketones is 1. The Morgan fingerprint density at radius 1 is 1.46 bits per heavy atom. The molecule has 1 nitrogen and oxygen atoms in total. The molecule has 13 heavy (non-hydrogen) atoms. The van der Waals surface area contributed by atoms with Gasteiger partial charge in [0.05, 0.1) is 0 Å². The fraction of sp³-hybridized carbons (Fsp3) is 0.625. The van der Waals surface area contributed by atoms with Crippen LogP contribution in [-0.2, 0) is 4.79 Å². The highest BCUT2D eigenvalue weighted by molar-refractivity contribution is 9.11. The second-order valence-electron chi connectivity index (χ2n) is 3.67. The Balaban J connectivity index is 2.99. The molecule has 0 aromatic heterocycles. The summed E-state index contributed by atoms with van der Waals surface area (Å²) in [5.74, 6) is -1.73. The van der Waals surface area contributed by atoms with Crippen LogP contribution in [0.4, 0.5) is 13.2 Å². The smallest absolute Gasteiger partial charge is 0.284 e. The number of halogens is 4. The van der Waals surface area contributed by atoms with Crippen molar-refractivity contribution in [3.05, 3.63) is 10.1 Å². The number of carbonyl (C=O) groups excluding carboxylic acids is 1. The zero-order chi connectivity index (χ0) is 10.4. The summed E-state index contributed by atoms with van der Waals surface area (Å²) in [6.45, 7) is 3.24. The summed E-state index contributed by atoms with van der Waals surface area (Å²) in [5.41, 5.74) is -0.786. The van der Waals surface area contributed by atoms with Gasteiger partial charge in [-0.05, 0) is 11.8 Å². The maximum absolute atomic E-state index is 12.0. The zero-order valence-electron chi connectivity index (χ0n) is 7.13. The van der Waals surface area contributed by atoms with E-state index in [1.54, 1.807) is 13.8 Å². The normalized spacial score (nSPS) is 21.4. The Kier molecular flexibility index (Phi) is 2.35. The third-order valence-corrected chi connectivity index (χ3v) is 2.71. The van der Waals surface area contributed by atoms with E-state index in [2.05, 4.69) is 15.9 Å². The first-order chi connectivity index (χ1) is 5.66. The molecule has 0 aromatic carbocycles. The van der Waals surface area contributed by atoms with Gasteiger partial charge in [-0.1, -0.05) is 29.8 Å². The molecule has 0 aliphatic heterocycles. The lowest BCUT2D eigenvalue weighted by atomic mass is 9.70. The van der Waals surface area contributed by atoms with Crippen molar-refractivity contribution < 1.29 is 18.0 Å². The highest BCUT2D eigenvalue weighted by atomic mass is 79.9. The largest absolute Gasteiger partial charge is 0.454 e. The van der Waals surface area contributed by atoms with E-state index in [9.17, 15) is 18.0 Å². The molecular formula is C8H8BrF3O. The van der Waals surface area contributed by atoms with Crippen LogP contribution >= 0.6 is 15.9 Å². The van der Waals surface area contributed by atoms with E-state index in [-0.39, 0.29) is 5.57 Å². The third-order valence-electron chi connectivity index (χ3n) is 2.03. The van der Waals surface area contributed by atoms with Crippen LogP contribution in [0.5, 0.6) is 0 Å². The van der Waals surface area contributed by atoms with E-state index in [0.29, 0.717) is 10.9 Å². The van der Waals surface area contributed by atoms with Gasteiger partial charge in [0.25, 0.3) is 5.78 Å². The second kappa shape index (κ2) is 2.83. The average Bonchev–Trinajstić information content (AvgIpc) is 1.82. The van der Waals surface area contributed by atoms with Gasteiger partial charge in [0.1, 0.15) is 0 Å². The lowest BCUT2D eigenvalue weighted by Crippen LogP contribution is -2.37. The Bertz CT molecular complexity index is 288. The third kappa shape index (κ3) is 1.80. The molecule has 0 bridgehead atoms. The maximum Gasteiger partial charge on any atom is 0.454 e. The van der Waals surface area contributed by atoms with Gasteiger partial charge in [-0.3, -0.25) is 4.79 Å². The molecule has 0 atom stereocenters. The molecule has 0 saturated carbocycles. The molecule has 0 unspecified atom stereocenters. The van der Waals surface area contributed by atoms with Crippen molar-refractivity contribution in [1.82, 2.24) is 0 Å². The lowest BCUT2D eigenvalue weighted by molar-refractivity contribution is -0.168. The molecule has 1 aliphatic carbocycles. The van der Waals surface area contributed by atoms with E-state index in [1.807, 2.05) is 0 Å². The van der Waals surface area contributed by atoms with Crippen LogP contribution in [0.3, 0.4) is 0 Å². The Hall–Kier alpha value is -0.320. The fourth-order valence-corrected chi connectivity index (χ4v) is 2.82. The molecule has 74 valence electrons. The van der Waals surface area contributed by atoms with Gasteiger partial charge in [-0.2, -0.15) is 13.2 Å². The second-order valence-corrected chi connectivity index (χ2v) is 4.62. The van der Waals surface area contributed by atoms with Gasteiger partial charge in [0.2, 0.25) is 0 Å². The summed E-state index contributed by atoms with van der Waals surface area (Å²) in [7, 11) is 0. The molecule has 0 saturated heterocycles. The van der Waals surface area contributed by atoms with Crippen LogP contribution in [0.15, 0.2) is 10.1 Å². The molecule has 1 rings (SSSR count). The van der Waals surface area contributed by atoms with Gasteiger partial charge in [-0.25, -0.2) is 0 Å². The van der Waals surface area contributed by atoms with Crippen LogP contribution in [0.2, 0.25) is 0 Å². The van der Waals surface area contributed by atoms with E-state index in [0.717, 1.165) is 0 Å². The van der Waals surface area contributed by atoms with Gasteiger partial charge >= 0.3 is 6.18 Å². The van der Waals surface area contributed by atoms with Crippen molar-refractivity contribution in [1.29, 1.82) is 0 Å². The number of carbonyl (C=O) groups is 1. The topological polar surface area (TPSA) is 17.1 Å². The Morgan fingerprint density at radius 2 is 1.92 bits per heavy atom. The molecule has 0 amide bonds. The molecule has 1 aliphatic rings. The van der Waals surface area contributed by atoms with Crippen molar-refractivity contribution in [2.75, 3.05) is 0 Å². The number of hydrogen-bond donors (Lipinski definition) is 0. The lowest BCUT2D eigenvalue weighted by Gasteiger charge is -2.37. The van der Waals surface area contributed by atoms with Gasteiger partial charge in [0, 0.05) is 10.1 Å². The highest BCUT2D eigenvalue weighted by Crippen LogP contribution is 2.50. The van der Waals surface area contributed by atoms with Crippen molar-refractivity contribution >= 4 is 21.7 Å². The van der Waals surface area contributed by atoms with Crippen molar-refractivity contribution in [2.45, 2.75) is 26.4 Å². The minimum atomic E-state index is -4.76. The molecule has 0 fully saturated rings. The SMILES string of the molecule is CC1(C)CC(Br)=C1C(=O)C(F)(F)F. The summed E-state index contributed by atoms with van der Waals surface area (Å²) in [6.07, 6.45) is -4.27. The number of Topliss-reactive ketones (excluding diaryl/α,β-unsaturated/α-hetero) is 1. The molecule has 0 radical (unpaired) electrons. The summed E-state index contributed by atoms with van der Waals surface area (Å²) in [4.78, 5) is 10.9. The first-order valence-electron chi connectivity index (χ1n) is 3.67. The van der Waals surface area contributed by atoms with Crippen LogP contribution < -0.4 is 0 Å². The highest BCUT2D eigenvalue weighted by Gasteiger charge is 2.50. The first-order valence-corrected chi connectivity index (χ1v) is 4.46. The predicted octanol–water partition coefficient (Wildman–Crippen LogP) is 3.20. The summed E-state index contributed by atoms with van der Waals surface area (Å²) < 4.78 is 36.5. The van der Waals surface area contributed by atoms with E-state index in [1.165, 1.54) is 0 Å². The molecule has 5 heteroatoms. The molecule has 0 spiro atoms. The summed E-state index contributed by atoms with van der Waals surface area (Å²) >= 11 is 2.95. The van der Waals surface area contributed by atoms with Crippen LogP contribution in [-0.4, -0.2) is 12.0 Å². The predicted molar refractivity (Wildman–Crippen MR) is 45.4 cm³/mol. The van der Waals surface area contributed by atoms with Crippen LogP contribution in [0, 0.1) is 5.41 Å². The number of hydrogen-bond acceptors (Lipinski definition) is 1. The standard InChI is InChI=1S/C8H8BrF3O/c1-7(2)3-4(9)5(7)6(13)8(10,11)12/h3H2,1-2H3. The van der Waals surface area contributed by atoms with Gasteiger partial charge < -0.3 is 0 Å². The fourth-order valence-electron chi connectivity index (χ4n) is 1.40. The minimum absolute atomic E-state index is 0.139. The summed E-state index contributed by atoms with van der Waals surface area (Å²) in [6, 6.07) is 0. The average molecular weight is 257 g/mol. The zero-order valence-corrected chi connectivity index (χ0v) is 8.71. The van der Waals surface area contributed by atoms with Crippen molar-refractivity contribution in [3.8, 4) is 0 Å². The number of allylic oxidation sites excluding steroid dienone is 2. The van der Waals surface area contributed by atoms with E-state index >= 15 is 0 Å². The van der Waals surface area contributed by atoms with E-state index < -0.39 is 17.4 Å².